The molecule has 0 spiro atoms. The number of alkyl halides is 1. The van der Waals surface area contributed by atoms with Crippen molar-refractivity contribution in [3.8, 4) is 0 Å². The molecule has 0 aliphatic carbocycles. The summed E-state index contributed by atoms with van der Waals surface area (Å²) in [4.78, 5) is 4.11. The highest BCUT2D eigenvalue weighted by molar-refractivity contribution is 9.09. The van der Waals surface area contributed by atoms with Crippen LogP contribution in [0.2, 0.25) is 0 Å². The van der Waals surface area contributed by atoms with Gasteiger partial charge in [-0.2, -0.15) is 0 Å². The quantitative estimate of drug-likeness (QED) is 0.526. The van der Waals surface area contributed by atoms with Crippen molar-refractivity contribution in [2.75, 3.05) is 5.33 Å². The third-order valence-corrected chi connectivity index (χ3v) is 2.88. The van der Waals surface area contributed by atoms with E-state index < -0.39 is 0 Å². The van der Waals surface area contributed by atoms with Crippen LogP contribution in [0.15, 0.2) is 24.5 Å². The van der Waals surface area contributed by atoms with Gasteiger partial charge >= 0.3 is 0 Å². The van der Waals surface area contributed by atoms with Gasteiger partial charge in [0.15, 0.2) is 0 Å². The van der Waals surface area contributed by atoms with Crippen molar-refractivity contribution in [2.45, 2.75) is 38.5 Å². The van der Waals surface area contributed by atoms with Gasteiger partial charge in [0.2, 0.25) is 0 Å². The first kappa shape index (κ1) is 15.1. The Labute approximate surface area is 112 Å². The lowest BCUT2D eigenvalue weighted by Gasteiger charge is -2.00. The lowest BCUT2D eigenvalue weighted by Crippen LogP contribution is -1.87. The van der Waals surface area contributed by atoms with Gasteiger partial charge in [-0.05, 0) is 30.9 Å². The number of halogens is 2. The number of unbranched alkanes of at least 4 members (excludes halogenated alkanes) is 4. The third-order valence-electron chi connectivity index (χ3n) is 2.32. The molecule has 0 atom stereocenters. The fourth-order valence-corrected chi connectivity index (χ4v) is 1.90. The highest BCUT2D eigenvalue weighted by Gasteiger charge is 1.93. The Balaban J connectivity index is 0.00000196. The van der Waals surface area contributed by atoms with Gasteiger partial charge in [-0.3, -0.25) is 4.98 Å². The molecular weight excluding hydrogens is 318 g/mol. The number of hydrogen-bond acceptors (Lipinski definition) is 1. The fourth-order valence-electron chi connectivity index (χ4n) is 1.50. The summed E-state index contributed by atoms with van der Waals surface area (Å²) in [5, 5.41) is 1.15. The number of aryl methyl sites for hydroxylation is 1. The maximum absolute atomic E-state index is 4.11. The Kier molecular flexibility index (Phi) is 10.7. The summed E-state index contributed by atoms with van der Waals surface area (Å²) in [6.07, 6.45) is 11.7. The molecular formula is C12H19Br2N. The van der Waals surface area contributed by atoms with E-state index in [9.17, 15) is 0 Å². The van der Waals surface area contributed by atoms with E-state index in [0.717, 1.165) is 5.33 Å². The fraction of sp³-hybridized carbons (Fsp3) is 0.583. The zero-order valence-electron chi connectivity index (χ0n) is 8.99. The standard InChI is InChI=1S/C12H18BrN.BrH/c13-9-5-3-1-2-4-7-12-8-6-10-14-11-12;/h6,8,10-11H,1-5,7,9H2;1H. The summed E-state index contributed by atoms with van der Waals surface area (Å²) >= 11 is 3.45. The second-order valence-electron chi connectivity index (χ2n) is 3.57. The van der Waals surface area contributed by atoms with Gasteiger partial charge in [0.1, 0.15) is 0 Å². The molecule has 0 aliphatic rings. The Morgan fingerprint density at radius 3 is 2.47 bits per heavy atom. The highest BCUT2D eigenvalue weighted by atomic mass is 79.9. The van der Waals surface area contributed by atoms with Crippen LogP contribution in [0.5, 0.6) is 0 Å². The van der Waals surface area contributed by atoms with Crippen molar-refractivity contribution in [3.05, 3.63) is 30.1 Å². The molecule has 1 aromatic heterocycles. The molecule has 0 saturated heterocycles. The van der Waals surface area contributed by atoms with Crippen LogP contribution in [0, 0.1) is 0 Å². The van der Waals surface area contributed by atoms with Crippen LogP contribution in [0.1, 0.15) is 37.7 Å². The topological polar surface area (TPSA) is 12.9 Å². The predicted molar refractivity (Wildman–Crippen MR) is 75.1 cm³/mol. The molecule has 86 valence electrons. The summed E-state index contributed by atoms with van der Waals surface area (Å²) in [7, 11) is 0. The van der Waals surface area contributed by atoms with Gasteiger partial charge in [-0.25, -0.2) is 0 Å². The Morgan fingerprint density at radius 2 is 1.80 bits per heavy atom. The van der Waals surface area contributed by atoms with E-state index in [-0.39, 0.29) is 17.0 Å². The number of nitrogens with zero attached hydrogens (tertiary/aromatic N) is 1. The van der Waals surface area contributed by atoms with Gasteiger partial charge < -0.3 is 0 Å². The summed E-state index contributed by atoms with van der Waals surface area (Å²) in [6.45, 7) is 0. The minimum Gasteiger partial charge on any atom is -0.264 e. The molecule has 0 saturated carbocycles. The molecule has 1 heterocycles. The third kappa shape index (κ3) is 7.97. The molecule has 15 heavy (non-hydrogen) atoms. The molecule has 0 N–H and O–H groups in total. The summed E-state index contributed by atoms with van der Waals surface area (Å²) in [6, 6.07) is 4.17. The smallest absolute Gasteiger partial charge is 0.0299 e. The molecule has 0 aromatic carbocycles. The number of pyridine rings is 1. The van der Waals surface area contributed by atoms with Crippen molar-refractivity contribution >= 4 is 32.9 Å². The van der Waals surface area contributed by atoms with Crippen LogP contribution in [0.25, 0.3) is 0 Å². The van der Waals surface area contributed by atoms with Crippen LogP contribution in [0.4, 0.5) is 0 Å². The van der Waals surface area contributed by atoms with E-state index >= 15 is 0 Å². The Hall–Kier alpha value is 0.110. The number of rotatable bonds is 7. The van der Waals surface area contributed by atoms with E-state index in [2.05, 4.69) is 27.0 Å². The molecule has 0 amide bonds. The first-order valence-electron chi connectivity index (χ1n) is 5.38. The molecule has 1 aromatic rings. The molecule has 0 unspecified atom stereocenters. The summed E-state index contributed by atoms with van der Waals surface area (Å²) in [5.74, 6) is 0. The van der Waals surface area contributed by atoms with Crippen LogP contribution in [0.3, 0.4) is 0 Å². The van der Waals surface area contributed by atoms with Crippen molar-refractivity contribution in [1.29, 1.82) is 0 Å². The molecule has 1 rings (SSSR count). The average molecular weight is 337 g/mol. The van der Waals surface area contributed by atoms with Gasteiger partial charge in [-0.1, -0.05) is 41.3 Å². The summed E-state index contributed by atoms with van der Waals surface area (Å²) in [5.41, 5.74) is 1.37. The van der Waals surface area contributed by atoms with Gasteiger partial charge in [0, 0.05) is 17.7 Å². The monoisotopic (exact) mass is 335 g/mol. The second-order valence-corrected chi connectivity index (χ2v) is 4.36. The highest BCUT2D eigenvalue weighted by Crippen LogP contribution is 2.08. The van der Waals surface area contributed by atoms with Gasteiger partial charge in [0.25, 0.3) is 0 Å². The average Bonchev–Trinajstić information content (AvgIpc) is 2.25. The maximum Gasteiger partial charge on any atom is 0.0299 e. The molecule has 0 aliphatic heterocycles. The van der Waals surface area contributed by atoms with E-state index in [0.29, 0.717) is 0 Å². The van der Waals surface area contributed by atoms with E-state index in [1.807, 2.05) is 18.5 Å². The van der Waals surface area contributed by atoms with Crippen LogP contribution in [-0.2, 0) is 6.42 Å². The van der Waals surface area contributed by atoms with Crippen molar-refractivity contribution < 1.29 is 0 Å². The van der Waals surface area contributed by atoms with E-state index in [1.54, 1.807) is 0 Å². The first-order valence-corrected chi connectivity index (χ1v) is 6.50. The lowest BCUT2D eigenvalue weighted by atomic mass is 10.1. The Bertz CT molecular complexity index is 226. The minimum absolute atomic E-state index is 0. The van der Waals surface area contributed by atoms with Gasteiger partial charge in [0.05, 0.1) is 0 Å². The van der Waals surface area contributed by atoms with Crippen molar-refractivity contribution in [1.82, 2.24) is 4.98 Å². The predicted octanol–water partition coefficient (Wildman–Crippen LogP) is 4.55. The number of hydrogen-bond donors (Lipinski definition) is 0. The lowest BCUT2D eigenvalue weighted by molar-refractivity contribution is 0.635. The van der Waals surface area contributed by atoms with E-state index in [4.69, 9.17) is 0 Å². The molecule has 0 radical (unpaired) electrons. The molecule has 0 fully saturated rings. The summed E-state index contributed by atoms with van der Waals surface area (Å²) < 4.78 is 0. The zero-order valence-corrected chi connectivity index (χ0v) is 12.3. The maximum atomic E-state index is 4.11. The van der Waals surface area contributed by atoms with Crippen LogP contribution in [-0.4, -0.2) is 10.3 Å². The zero-order chi connectivity index (χ0) is 10.1. The molecule has 1 nitrogen and oxygen atoms in total. The first-order chi connectivity index (χ1) is 6.93. The minimum atomic E-state index is 0. The number of aromatic nitrogens is 1. The molecule has 0 bridgehead atoms. The van der Waals surface area contributed by atoms with E-state index in [1.165, 1.54) is 44.1 Å². The Morgan fingerprint density at radius 1 is 1.07 bits per heavy atom. The van der Waals surface area contributed by atoms with Gasteiger partial charge in [-0.15, -0.1) is 17.0 Å². The normalized spacial score (nSPS) is 9.67. The largest absolute Gasteiger partial charge is 0.264 e. The molecule has 3 heteroatoms. The SMILES string of the molecule is Br.BrCCCCCCCc1cccnc1. The van der Waals surface area contributed by atoms with Crippen LogP contribution >= 0.6 is 32.9 Å². The second kappa shape index (κ2) is 10.6. The van der Waals surface area contributed by atoms with Crippen molar-refractivity contribution in [2.24, 2.45) is 0 Å². The van der Waals surface area contributed by atoms with Crippen molar-refractivity contribution in [3.63, 3.8) is 0 Å². The van der Waals surface area contributed by atoms with Crippen LogP contribution < -0.4 is 0 Å².